The van der Waals surface area contributed by atoms with Gasteiger partial charge >= 0.3 is 5.97 Å². The highest BCUT2D eigenvalue weighted by Gasteiger charge is 2.18. The highest BCUT2D eigenvalue weighted by molar-refractivity contribution is 7.89. The van der Waals surface area contributed by atoms with E-state index >= 15 is 0 Å². The molecule has 0 spiro atoms. The molecule has 5 nitrogen and oxygen atoms in total. The molecule has 6 heteroatoms. The van der Waals surface area contributed by atoms with Crippen LogP contribution in [0.3, 0.4) is 0 Å². The van der Waals surface area contributed by atoms with Crippen molar-refractivity contribution in [3.05, 3.63) is 42.5 Å². The highest BCUT2D eigenvalue weighted by Crippen LogP contribution is 2.16. The summed E-state index contributed by atoms with van der Waals surface area (Å²) in [5, 5.41) is 8.49. The van der Waals surface area contributed by atoms with E-state index in [-0.39, 0.29) is 4.90 Å². The van der Waals surface area contributed by atoms with Crippen molar-refractivity contribution >= 4 is 16.0 Å². The first-order valence-electron chi connectivity index (χ1n) is 5.37. The van der Waals surface area contributed by atoms with Crippen LogP contribution in [0.15, 0.2) is 41.8 Å². The zero-order valence-electron chi connectivity index (χ0n) is 9.80. The summed E-state index contributed by atoms with van der Waals surface area (Å²) >= 11 is 0. The lowest BCUT2D eigenvalue weighted by Gasteiger charge is -2.09. The Balaban J connectivity index is 2.99. The number of aryl methyl sites for hydroxylation is 1. The molecule has 0 heterocycles. The first kappa shape index (κ1) is 14.4. The summed E-state index contributed by atoms with van der Waals surface area (Å²) in [6.45, 7) is 2.96. The molecule has 1 aromatic rings. The number of carboxylic acid groups (broad SMARTS) is 1. The molecule has 1 aromatic carbocycles. The molecular formula is C12H15NO4S. The second-order valence-electron chi connectivity index (χ2n) is 3.65. The van der Waals surface area contributed by atoms with Gasteiger partial charge in [0.05, 0.1) is 4.90 Å². The summed E-state index contributed by atoms with van der Waals surface area (Å²) in [5.41, 5.74) is 0.648. The highest BCUT2D eigenvalue weighted by atomic mass is 32.2. The van der Waals surface area contributed by atoms with Crippen molar-refractivity contribution in [1.82, 2.24) is 4.72 Å². The van der Waals surface area contributed by atoms with Gasteiger partial charge in [-0.25, -0.2) is 8.42 Å². The zero-order valence-corrected chi connectivity index (χ0v) is 10.6. The van der Waals surface area contributed by atoms with Gasteiger partial charge in [0.15, 0.2) is 0 Å². The van der Waals surface area contributed by atoms with Gasteiger partial charge in [0.2, 0.25) is 10.0 Å². The Morgan fingerprint density at radius 2 is 2.06 bits per heavy atom. The van der Waals surface area contributed by atoms with Crippen molar-refractivity contribution in [2.45, 2.75) is 17.7 Å². The van der Waals surface area contributed by atoms with E-state index in [0.29, 0.717) is 18.4 Å². The predicted molar refractivity (Wildman–Crippen MR) is 67.8 cm³/mol. The van der Waals surface area contributed by atoms with Gasteiger partial charge in [-0.15, -0.1) is 6.58 Å². The number of sulfonamides is 1. The van der Waals surface area contributed by atoms with E-state index in [4.69, 9.17) is 5.11 Å². The largest absolute Gasteiger partial charge is 0.480 e. The summed E-state index contributed by atoms with van der Waals surface area (Å²) in [6, 6.07) is 6.52. The number of rotatable bonds is 7. The van der Waals surface area contributed by atoms with Crippen LogP contribution in [0, 0.1) is 0 Å². The van der Waals surface area contributed by atoms with Crippen molar-refractivity contribution in [3.63, 3.8) is 0 Å². The minimum absolute atomic E-state index is 0.119. The molecule has 0 aliphatic heterocycles. The van der Waals surface area contributed by atoms with Crippen molar-refractivity contribution in [1.29, 1.82) is 0 Å². The van der Waals surface area contributed by atoms with Crippen molar-refractivity contribution in [2.75, 3.05) is 6.54 Å². The van der Waals surface area contributed by atoms with E-state index in [9.17, 15) is 13.2 Å². The third-order valence-electron chi connectivity index (χ3n) is 2.29. The van der Waals surface area contributed by atoms with E-state index in [1.165, 1.54) is 6.07 Å². The maximum absolute atomic E-state index is 11.9. The second-order valence-corrected chi connectivity index (χ2v) is 5.39. The van der Waals surface area contributed by atoms with Gasteiger partial charge in [-0.2, -0.15) is 4.72 Å². The van der Waals surface area contributed by atoms with E-state index in [1.807, 2.05) is 4.72 Å². The Kier molecular flexibility index (Phi) is 5.06. The lowest BCUT2D eigenvalue weighted by atomic mass is 10.1. The first-order valence-corrected chi connectivity index (χ1v) is 6.86. The van der Waals surface area contributed by atoms with Gasteiger partial charge in [-0.05, 0) is 24.5 Å². The molecule has 18 heavy (non-hydrogen) atoms. The van der Waals surface area contributed by atoms with Gasteiger partial charge in [-0.3, -0.25) is 4.79 Å². The monoisotopic (exact) mass is 269 g/mol. The van der Waals surface area contributed by atoms with Crippen LogP contribution in [-0.4, -0.2) is 26.0 Å². The molecule has 0 fully saturated rings. The van der Waals surface area contributed by atoms with Crippen molar-refractivity contribution in [2.24, 2.45) is 0 Å². The first-order chi connectivity index (χ1) is 8.47. The number of carbonyl (C=O) groups is 1. The summed E-state index contributed by atoms with van der Waals surface area (Å²) in [4.78, 5) is 10.5. The van der Waals surface area contributed by atoms with E-state index in [0.717, 1.165) is 0 Å². The fourth-order valence-corrected chi connectivity index (χ4v) is 2.71. The topological polar surface area (TPSA) is 83.5 Å². The van der Waals surface area contributed by atoms with Crippen molar-refractivity contribution in [3.8, 4) is 0 Å². The van der Waals surface area contributed by atoms with Crippen LogP contribution < -0.4 is 4.72 Å². The molecule has 2 N–H and O–H groups in total. The van der Waals surface area contributed by atoms with Gasteiger partial charge < -0.3 is 5.11 Å². The average molecular weight is 269 g/mol. The number of hydrogen-bond donors (Lipinski definition) is 2. The smallest absolute Gasteiger partial charge is 0.318 e. The van der Waals surface area contributed by atoms with Gasteiger partial charge in [0.25, 0.3) is 0 Å². The Bertz CT molecular complexity index is 537. The standard InChI is InChI=1S/C12H15NO4S/c1-2-3-6-10-7-4-5-8-11(10)18(16,17)13-9-12(14)15/h2,4-5,7-8,13H,1,3,6,9H2,(H,14,15). The van der Waals surface area contributed by atoms with Crippen LogP contribution in [0.25, 0.3) is 0 Å². The molecule has 0 aliphatic rings. The molecule has 0 aliphatic carbocycles. The molecule has 0 atom stereocenters. The minimum Gasteiger partial charge on any atom is -0.480 e. The van der Waals surface area contributed by atoms with Crippen LogP contribution >= 0.6 is 0 Å². The zero-order chi connectivity index (χ0) is 13.6. The number of carboxylic acids is 1. The van der Waals surface area contributed by atoms with Crippen LogP contribution in [0.2, 0.25) is 0 Å². The van der Waals surface area contributed by atoms with Crippen LogP contribution in [0.4, 0.5) is 0 Å². The molecule has 0 unspecified atom stereocenters. The molecule has 98 valence electrons. The fourth-order valence-electron chi connectivity index (χ4n) is 1.46. The number of nitrogens with one attached hydrogen (secondary N) is 1. The summed E-state index contributed by atoms with van der Waals surface area (Å²) in [7, 11) is -3.78. The van der Waals surface area contributed by atoms with Crippen LogP contribution in [0.5, 0.6) is 0 Å². The molecule has 0 aromatic heterocycles. The van der Waals surface area contributed by atoms with Gasteiger partial charge in [0.1, 0.15) is 6.54 Å². The number of allylic oxidation sites excluding steroid dienone is 1. The molecule has 0 bridgehead atoms. The third-order valence-corrected chi connectivity index (χ3v) is 3.80. The van der Waals surface area contributed by atoms with Crippen molar-refractivity contribution < 1.29 is 18.3 Å². The third kappa shape index (κ3) is 3.97. The SMILES string of the molecule is C=CCCc1ccccc1S(=O)(=O)NCC(=O)O. The Hall–Kier alpha value is -1.66. The summed E-state index contributed by atoms with van der Waals surface area (Å²) < 4.78 is 25.9. The Morgan fingerprint density at radius 1 is 1.39 bits per heavy atom. The quantitative estimate of drug-likeness (QED) is 0.728. The van der Waals surface area contributed by atoms with Gasteiger partial charge in [-0.1, -0.05) is 24.3 Å². The summed E-state index contributed by atoms with van der Waals surface area (Å²) in [6.07, 6.45) is 2.91. The lowest BCUT2D eigenvalue weighted by Crippen LogP contribution is -2.30. The number of hydrogen-bond acceptors (Lipinski definition) is 3. The maximum atomic E-state index is 11.9. The normalized spacial score (nSPS) is 11.1. The van der Waals surface area contributed by atoms with Crippen LogP contribution in [0.1, 0.15) is 12.0 Å². The minimum atomic E-state index is -3.78. The average Bonchev–Trinajstić information content (AvgIpc) is 2.34. The second kappa shape index (κ2) is 6.32. The maximum Gasteiger partial charge on any atom is 0.318 e. The predicted octanol–water partition coefficient (Wildman–Crippen LogP) is 1.17. The molecule has 0 amide bonds. The molecular weight excluding hydrogens is 254 g/mol. The molecule has 0 saturated carbocycles. The fraction of sp³-hybridized carbons (Fsp3) is 0.250. The van der Waals surface area contributed by atoms with Crippen LogP contribution in [-0.2, 0) is 21.2 Å². The van der Waals surface area contributed by atoms with E-state index < -0.39 is 22.5 Å². The molecule has 0 radical (unpaired) electrons. The van der Waals surface area contributed by atoms with Gasteiger partial charge in [0, 0.05) is 0 Å². The Labute approximate surface area is 106 Å². The molecule has 0 saturated heterocycles. The van der Waals surface area contributed by atoms with E-state index in [2.05, 4.69) is 6.58 Å². The lowest BCUT2D eigenvalue weighted by molar-refractivity contribution is -0.135. The molecule has 1 rings (SSSR count). The Morgan fingerprint density at radius 3 is 2.67 bits per heavy atom. The number of aliphatic carboxylic acids is 1. The summed E-state index contributed by atoms with van der Waals surface area (Å²) in [5.74, 6) is -1.22. The number of benzene rings is 1. The van der Waals surface area contributed by atoms with E-state index in [1.54, 1.807) is 24.3 Å².